The van der Waals surface area contributed by atoms with Gasteiger partial charge < -0.3 is 5.21 Å². The summed E-state index contributed by atoms with van der Waals surface area (Å²) < 4.78 is 37.7. The maximum absolute atomic E-state index is 12.6. The highest BCUT2D eigenvalue weighted by Crippen LogP contribution is 2.38. The van der Waals surface area contributed by atoms with Crippen LogP contribution < -0.4 is 5.43 Å². The summed E-state index contributed by atoms with van der Waals surface area (Å²) in [6, 6.07) is 1.49. The normalized spacial score (nSPS) is 13.5. The molecule has 1 rings (SSSR count). The Morgan fingerprint density at radius 3 is 2.19 bits per heavy atom. The molecule has 0 aliphatic heterocycles. The highest BCUT2D eigenvalue weighted by atomic mass is 35.5. The Bertz CT molecular complexity index is 568. The Morgan fingerprint density at radius 2 is 1.81 bits per heavy atom. The first-order chi connectivity index (χ1) is 9.70. The molecule has 10 heteroatoms. The van der Waals surface area contributed by atoms with E-state index in [9.17, 15) is 13.2 Å². The molecule has 0 aromatic heterocycles. The smallest absolute Gasteiger partial charge is 0.410 e. The van der Waals surface area contributed by atoms with Crippen LogP contribution in [-0.2, 0) is 6.18 Å². The summed E-state index contributed by atoms with van der Waals surface area (Å²) in [5.41, 5.74) is 1.86. The number of oxime groups is 1. The van der Waals surface area contributed by atoms with Crippen molar-refractivity contribution in [1.29, 1.82) is 0 Å². The molecule has 0 saturated heterocycles. The van der Waals surface area contributed by atoms with Crippen LogP contribution in [0.3, 0.4) is 0 Å². The standard InChI is InChI=1S/C11H10Cl2F3N3OS/c1-5(10(19-20)21-2)17-18-9-7(12)3-6(4-8(9)13)11(14,15)16/h3-4,18,20H,1-2H3. The van der Waals surface area contributed by atoms with Gasteiger partial charge in [0.2, 0.25) is 0 Å². The van der Waals surface area contributed by atoms with E-state index in [0.29, 0.717) is 5.71 Å². The fourth-order valence-electron chi connectivity index (χ4n) is 1.29. The maximum atomic E-state index is 12.6. The third-order valence-corrected chi connectivity index (χ3v) is 3.66. The minimum absolute atomic E-state index is 0.0316. The predicted octanol–water partition coefficient (Wildman–Crippen LogP) is 4.95. The highest BCUT2D eigenvalue weighted by Gasteiger charge is 2.32. The van der Waals surface area contributed by atoms with Gasteiger partial charge in [0, 0.05) is 0 Å². The summed E-state index contributed by atoms with van der Waals surface area (Å²) in [7, 11) is 0. The van der Waals surface area contributed by atoms with Gasteiger partial charge in [0.1, 0.15) is 0 Å². The van der Waals surface area contributed by atoms with E-state index >= 15 is 0 Å². The predicted molar refractivity (Wildman–Crippen MR) is 80.9 cm³/mol. The molecule has 0 heterocycles. The second kappa shape index (κ2) is 7.24. The molecule has 0 atom stereocenters. The first-order valence-corrected chi connectivity index (χ1v) is 7.31. The largest absolute Gasteiger partial charge is 0.416 e. The minimum atomic E-state index is -4.54. The Balaban J connectivity index is 3.09. The second-order valence-electron chi connectivity index (χ2n) is 3.73. The SMILES string of the molecule is CSC(=NO)C(C)=NNc1c(Cl)cc(C(F)(F)F)cc1Cl. The van der Waals surface area contributed by atoms with Crippen molar-refractivity contribution in [3.63, 3.8) is 0 Å². The zero-order chi connectivity index (χ0) is 16.2. The molecule has 4 nitrogen and oxygen atoms in total. The molecule has 0 aliphatic carbocycles. The summed E-state index contributed by atoms with van der Waals surface area (Å²) in [6.07, 6.45) is -2.87. The minimum Gasteiger partial charge on any atom is -0.410 e. The molecular formula is C11H10Cl2F3N3OS. The number of thioether (sulfide) groups is 1. The lowest BCUT2D eigenvalue weighted by Gasteiger charge is -2.12. The van der Waals surface area contributed by atoms with Crippen molar-refractivity contribution in [2.75, 3.05) is 11.7 Å². The van der Waals surface area contributed by atoms with Gasteiger partial charge in [-0.15, -0.1) is 11.8 Å². The molecule has 1 aromatic rings. The van der Waals surface area contributed by atoms with Crippen LogP contribution in [0.25, 0.3) is 0 Å². The molecule has 116 valence electrons. The van der Waals surface area contributed by atoms with Gasteiger partial charge in [-0.3, -0.25) is 5.43 Å². The van der Waals surface area contributed by atoms with E-state index in [1.807, 2.05) is 0 Å². The van der Waals surface area contributed by atoms with Gasteiger partial charge >= 0.3 is 6.18 Å². The summed E-state index contributed by atoms with van der Waals surface area (Å²) in [4.78, 5) is 0. The summed E-state index contributed by atoms with van der Waals surface area (Å²) in [5.74, 6) is 0. The summed E-state index contributed by atoms with van der Waals surface area (Å²) in [6.45, 7) is 1.55. The molecule has 0 amide bonds. The number of hydrogen-bond acceptors (Lipinski definition) is 5. The van der Waals surface area contributed by atoms with E-state index in [-0.39, 0.29) is 20.8 Å². The van der Waals surface area contributed by atoms with E-state index in [4.69, 9.17) is 28.4 Å². The molecule has 0 aliphatic rings. The number of benzene rings is 1. The molecular weight excluding hydrogens is 350 g/mol. The lowest BCUT2D eigenvalue weighted by molar-refractivity contribution is -0.137. The number of anilines is 1. The molecule has 2 N–H and O–H groups in total. The number of nitrogens with one attached hydrogen (secondary N) is 1. The van der Waals surface area contributed by atoms with Gasteiger partial charge in [-0.2, -0.15) is 18.3 Å². The number of alkyl halides is 3. The molecule has 1 aromatic carbocycles. The molecule has 0 unspecified atom stereocenters. The van der Waals surface area contributed by atoms with Crippen molar-refractivity contribution >= 4 is 51.4 Å². The fourth-order valence-corrected chi connectivity index (χ4v) is 2.29. The first kappa shape index (κ1) is 17.9. The van der Waals surface area contributed by atoms with Crippen LogP contribution in [0.4, 0.5) is 18.9 Å². The third-order valence-electron chi connectivity index (χ3n) is 2.30. The number of halogens is 5. The lowest BCUT2D eigenvalue weighted by Crippen LogP contribution is -2.09. The van der Waals surface area contributed by atoms with Crippen LogP contribution in [0.15, 0.2) is 22.4 Å². The fraction of sp³-hybridized carbons (Fsp3) is 0.273. The van der Waals surface area contributed by atoms with Gasteiger partial charge in [-0.05, 0) is 25.3 Å². The molecule has 0 saturated carbocycles. The van der Waals surface area contributed by atoms with E-state index in [0.717, 1.165) is 23.9 Å². The van der Waals surface area contributed by atoms with Crippen LogP contribution in [0.2, 0.25) is 10.0 Å². The van der Waals surface area contributed by atoms with Crippen LogP contribution >= 0.6 is 35.0 Å². The van der Waals surface area contributed by atoms with Crippen LogP contribution in [0.1, 0.15) is 12.5 Å². The molecule has 0 radical (unpaired) electrons. The Hall–Kier alpha value is -1.12. The maximum Gasteiger partial charge on any atom is 0.416 e. The van der Waals surface area contributed by atoms with Crippen molar-refractivity contribution < 1.29 is 18.4 Å². The van der Waals surface area contributed by atoms with Crippen molar-refractivity contribution in [1.82, 2.24) is 0 Å². The number of nitrogens with zero attached hydrogens (tertiary/aromatic N) is 2. The molecule has 0 spiro atoms. The monoisotopic (exact) mass is 359 g/mol. The van der Waals surface area contributed by atoms with Gasteiger partial charge in [0.25, 0.3) is 0 Å². The number of hydrazone groups is 1. The van der Waals surface area contributed by atoms with Crippen LogP contribution in [-0.4, -0.2) is 22.2 Å². The Kier molecular flexibility index (Phi) is 6.18. The molecule has 0 bridgehead atoms. The Labute approximate surface area is 133 Å². The van der Waals surface area contributed by atoms with Crippen LogP contribution in [0, 0.1) is 0 Å². The lowest BCUT2D eigenvalue weighted by atomic mass is 10.2. The number of rotatable bonds is 3. The quantitative estimate of drug-likeness (QED) is 0.347. The van der Waals surface area contributed by atoms with E-state index < -0.39 is 11.7 Å². The van der Waals surface area contributed by atoms with Crippen molar-refractivity contribution in [3.8, 4) is 0 Å². The average Bonchev–Trinajstić information content (AvgIpc) is 2.37. The van der Waals surface area contributed by atoms with Crippen molar-refractivity contribution in [2.45, 2.75) is 13.1 Å². The van der Waals surface area contributed by atoms with Gasteiger partial charge in [-0.25, -0.2) is 0 Å². The topological polar surface area (TPSA) is 57.0 Å². The van der Waals surface area contributed by atoms with Crippen LogP contribution in [0.5, 0.6) is 0 Å². The average molecular weight is 360 g/mol. The van der Waals surface area contributed by atoms with Crippen molar-refractivity contribution in [3.05, 3.63) is 27.7 Å². The summed E-state index contributed by atoms with van der Waals surface area (Å²) in [5, 5.41) is 15.4. The first-order valence-electron chi connectivity index (χ1n) is 5.33. The molecule has 0 fully saturated rings. The zero-order valence-electron chi connectivity index (χ0n) is 10.8. The van der Waals surface area contributed by atoms with Gasteiger partial charge in [0.15, 0.2) is 5.04 Å². The summed E-state index contributed by atoms with van der Waals surface area (Å²) >= 11 is 12.7. The molecule has 21 heavy (non-hydrogen) atoms. The second-order valence-corrected chi connectivity index (χ2v) is 5.34. The van der Waals surface area contributed by atoms with E-state index in [1.54, 1.807) is 13.2 Å². The van der Waals surface area contributed by atoms with Gasteiger partial charge in [0.05, 0.1) is 27.0 Å². The number of hydrogen-bond donors (Lipinski definition) is 2. The van der Waals surface area contributed by atoms with Gasteiger partial charge in [-0.1, -0.05) is 28.4 Å². The highest BCUT2D eigenvalue weighted by molar-refractivity contribution is 8.15. The third kappa shape index (κ3) is 4.69. The Morgan fingerprint density at radius 1 is 1.29 bits per heavy atom. The van der Waals surface area contributed by atoms with Crippen molar-refractivity contribution in [2.24, 2.45) is 10.3 Å². The van der Waals surface area contributed by atoms with E-state index in [1.165, 1.54) is 0 Å². The van der Waals surface area contributed by atoms with E-state index in [2.05, 4.69) is 15.7 Å². The zero-order valence-corrected chi connectivity index (χ0v) is 13.1.